The minimum absolute atomic E-state index is 0.556. The molecule has 2 N–H and O–H groups in total. The number of aromatic nitrogens is 1. The zero-order chi connectivity index (χ0) is 11.4. The lowest BCUT2D eigenvalue weighted by atomic mass is 9.99. The van der Waals surface area contributed by atoms with E-state index in [9.17, 15) is 9.90 Å². The largest absolute Gasteiger partial charge is 0.480 e. The Bertz CT molecular complexity index is 364. The molecule has 86 valence electrons. The number of nitrogens with zero attached hydrogens (tertiary/aromatic N) is 1. The molecule has 1 saturated heterocycles. The van der Waals surface area contributed by atoms with Crippen LogP contribution >= 0.6 is 11.8 Å². The highest BCUT2D eigenvalue weighted by Crippen LogP contribution is 2.28. The summed E-state index contributed by atoms with van der Waals surface area (Å²) in [4.78, 5) is 15.3. The van der Waals surface area contributed by atoms with Gasteiger partial charge in [0.05, 0.1) is 0 Å². The molecule has 16 heavy (non-hydrogen) atoms. The molecule has 0 bridgehead atoms. The van der Waals surface area contributed by atoms with Crippen molar-refractivity contribution >= 4 is 17.7 Å². The van der Waals surface area contributed by atoms with Crippen LogP contribution in [-0.4, -0.2) is 33.1 Å². The van der Waals surface area contributed by atoms with Crippen molar-refractivity contribution < 1.29 is 9.90 Å². The average Bonchev–Trinajstić information content (AvgIpc) is 2.78. The number of hydrogen-bond donors (Lipinski definition) is 2. The normalized spacial score (nSPS) is 24.5. The fourth-order valence-corrected chi connectivity index (χ4v) is 3.08. The van der Waals surface area contributed by atoms with Crippen molar-refractivity contribution in [2.24, 2.45) is 0 Å². The number of nitrogens with one attached hydrogen (secondary N) is 1. The average molecular weight is 238 g/mol. The van der Waals surface area contributed by atoms with E-state index in [2.05, 4.69) is 10.3 Å². The van der Waals surface area contributed by atoms with Crippen LogP contribution < -0.4 is 5.32 Å². The number of carbonyl (C=O) groups is 1. The molecule has 2 rings (SSSR count). The molecule has 0 radical (unpaired) electrons. The van der Waals surface area contributed by atoms with Crippen LogP contribution in [0.15, 0.2) is 24.5 Å². The molecule has 1 aromatic rings. The van der Waals surface area contributed by atoms with Crippen LogP contribution in [0.2, 0.25) is 0 Å². The number of carboxylic acids is 1. The van der Waals surface area contributed by atoms with Crippen molar-refractivity contribution in [3.05, 3.63) is 30.1 Å². The van der Waals surface area contributed by atoms with Crippen LogP contribution in [0.5, 0.6) is 0 Å². The van der Waals surface area contributed by atoms with E-state index in [1.165, 1.54) is 0 Å². The Balaban J connectivity index is 2.00. The van der Waals surface area contributed by atoms with Crippen LogP contribution in [0, 0.1) is 0 Å². The summed E-state index contributed by atoms with van der Waals surface area (Å²) in [6, 6.07) is 3.80. The lowest BCUT2D eigenvalue weighted by Gasteiger charge is -2.24. The third-order valence-corrected chi connectivity index (χ3v) is 3.97. The Morgan fingerprint density at radius 1 is 1.69 bits per heavy atom. The Morgan fingerprint density at radius 2 is 2.56 bits per heavy atom. The molecular weight excluding hydrogens is 224 g/mol. The minimum atomic E-state index is -0.749. The Hall–Kier alpha value is -1.07. The van der Waals surface area contributed by atoms with Gasteiger partial charge in [0.15, 0.2) is 0 Å². The first-order valence-corrected chi connectivity index (χ1v) is 6.33. The third-order valence-electron chi connectivity index (χ3n) is 2.78. The maximum absolute atomic E-state index is 11.3. The molecular formula is C11H14N2O2S. The highest BCUT2D eigenvalue weighted by Gasteiger charge is 2.41. The van der Waals surface area contributed by atoms with Crippen molar-refractivity contribution in [2.75, 3.05) is 11.5 Å². The number of rotatable bonds is 4. The van der Waals surface area contributed by atoms with Gasteiger partial charge in [-0.2, -0.15) is 11.8 Å². The van der Waals surface area contributed by atoms with Gasteiger partial charge in [0, 0.05) is 24.7 Å². The van der Waals surface area contributed by atoms with Gasteiger partial charge in [-0.05, 0) is 23.8 Å². The smallest absolute Gasteiger partial charge is 0.324 e. The van der Waals surface area contributed by atoms with Crippen molar-refractivity contribution in [3.63, 3.8) is 0 Å². The van der Waals surface area contributed by atoms with Gasteiger partial charge in [-0.1, -0.05) is 6.07 Å². The number of hydrogen-bond acceptors (Lipinski definition) is 4. The molecule has 1 atom stereocenters. The minimum Gasteiger partial charge on any atom is -0.480 e. The summed E-state index contributed by atoms with van der Waals surface area (Å²) >= 11 is 1.69. The van der Waals surface area contributed by atoms with Gasteiger partial charge in [-0.15, -0.1) is 0 Å². The third kappa shape index (κ3) is 2.36. The van der Waals surface area contributed by atoms with Crippen LogP contribution in [0.3, 0.4) is 0 Å². The molecule has 1 aromatic heterocycles. The second-order valence-corrected chi connectivity index (χ2v) is 5.01. The second-order valence-electron chi connectivity index (χ2n) is 3.90. The van der Waals surface area contributed by atoms with E-state index in [4.69, 9.17) is 0 Å². The Kier molecular flexibility index (Phi) is 3.46. The summed E-state index contributed by atoms with van der Waals surface area (Å²) in [6.45, 7) is 0.556. The topological polar surface area (TPSA) is 62.2 Å². The van der Waals surface area contributed by atoms with Gasteiger partial charge >= 0.3 is 5.97 Å². The lowest BCUT2D eigenvalue weighted by Crippen LogP contribution is -2.51. The fourth-order valence-electron chi connectivity index (χ4n) is 1.72. The molecule has 0 amide bonds. The molecule has 1 aliphatic rings. The maximum Gasteiger partial charge on any atom is 0.324 e. The molecule has 0 saturated carbocycles. The Morgan fingerprint density at radius 3 is 3.12 bits per heavy atom. The SMILES string of the molecule is O=C(O)C1(NCc2cccnc2)CCSC1. The molecule has 0 aliphatic carbocycles. The number of carboxylic acid groups (broad SMARTS) is 1. The Labute approximate surface area is 98.5 Å². The summed E-state index contributed by atoms with van der Waals surface area (Å²) in [5.41, 5.74) is 0.264. The highest BCUT2D eigenvalue weighted by molar-refractivity contribution is 7.99. The van der Waals surface area contributed by atoms with E-state index in [-0.39, 0.29) is 0 Å². The zero-order valence-corrected chi connectivity index (χ0v) is 9.67. The maximum atomic E-state index is 11.3. The predicted octanol–water partition coefficient (Wildman–Crippen LogP) is 1.13. The van der Waals surface area contributed by atoms with Gasteiger partial charge in [0.2, 0.25) is 0 Å². The van der Waals surface area contributed by atoms with Crippen LogP contribution in [-0.2, 0) is 11.3 Å². The molecule has 1 unspecified atom stereocenters. The first-order valence-electron chi connectivity index (χ1n) is 5.18. The van der Waals surface area contributed by atoms with Crippen LogP contribution in [0.4, 0.5) is 0 Å². The summed E-state index contributed by atoms with van der Waals surface area (Å²) < 4.78 is 0. The van der Waals surface area contributed by atoms with Crippen LogP contribution in [0.25, 0.3) is 0 Å². The standard InChI is InChI=1S/C11H14N2O2S/c14-10(15)11(3-5-16-8-11)13-7-9-2-1-4-12-6-9/h1-2,4,6,13H,3,5,7-8H2,(H,14,15). The number of thioether (sulfide) groups is 1. The van der Waals surface area contributed by atoms with Gasteiger partial charge < -0.3 is 5.11 Å². The highest BCUT2D eigenvalue weighted by atomic mass is 32.2. The monoisotopic (exact) mass is 238 g/mol. The summed E-state index contributed by atoms with van der Waals surface area (Å²) in [5.74, 6) is 0.802. The van der Waals surface area contributed by atoms with Gasteiger partial charge in [-0.3, -0.25) is 15.1 Å². The summed E-state index contributed by atoms with van der Waals surface area (Å²) in [5, 5.41) is 12.4. The lowest BCUT2D eigenvalue weighted by molar-refractivity contribution is -0.143. The number of aliphatic carboxylic acids is 1. The van der Waals surface area contributed by atoms with Gasteiger partial charge in [-0.25, -0.2) is 0 Å². The number of pyridine rings is 1. The van der Waals surface area contributed by atoms with Crippen LogP contribution in [0.1, 0.15) is 12.0 Å². The van der Waals surface area contributed by atoms with Gasteiger partial charge in [0.1, 0.15) is 5.54 Å². The van der Waals surface area contributed by atoms with E-state index in [1.54, 1.807) is 24.2 Å². The zero-order valence-electron chi connectivity index (χ0n) is 8.85. The van der Waals surface area contributed by atoms with E-state index >= 15 is 0 Å². The molecule has 5 heteroatoms. The molecule has 1 aliphatic heterocycles. The quantitative estimate of drug-likeness (QED) is 0.823. The van der Waals surface area contributed by atoms with Crippen molar-refractivity contribution in [1.29, 1.82) is 0 Å². The van der Waals surface area contributed by atoms with E-state index in [0.29, 0.717) is 18.7 Å². The summed E-state index contributed by atoms with van der Waals surface area (Å²) in [7, 11) is 0. The molecule has 1 fully saturated rings. The summed E-state index contributed by atoms with van der Waals surface area (Å²) in [6.07, 6.45) is 4.15. The molecule has 0 spiro atoms. The van der Waals surface area contributed by atoms with E-state index in [0.717, 1.165) is 11.3 Å². The van der Waals surface area contributed by atoms with Crippen molar-refractivity contribution in [3.8, 4) is 0 Å². The fraction of sp³-hybridized carbons (Fsp3) is 0.455. The first kappa shape index (κ1) is 11.4. The predicted molar refractivity (Wildman–Crippen MR) is 63.4 cm³/mol. The first-order chi connectivity index (χ1) is 7.73. The van der Waals surface area contributed by atoms with E-state index < -0.39 is 11.5 Å². The molecule has 2 heterocycles. The van der Waals surface area contributed by atoms with E-state index in [1.807, 2.05) is 12.1 Å². The second kappa shape index (κ2) is 4.84. The molecule has 4 nitrogen and oxygen atoms in total. The molecule has 0 aromatic carbocycles. The van der Waals surface area contributed by atoms with Crippen molar-refractivity contribution in [1.82, 2.24) is 10.3 Å². The van der Waals surface area contributed by atoms with Gasteiger partial charge in [0.25, 0.3) is 0 Å². The van der Waals surface area contributed by atoms with Crippen molar-refractivity contribution in [2.45, 2.75) is 18.5 Å².